The van der Waals surface area contributed by atoms with Gasteiger partial charge in [-0.3, -0.25) is 0 Å². The molecular formula is C30H48O3. The van der Waals surface area contributed by atoms with E-state index in [-0.39, 0.29) is 16.9 Å². The number of carboxylic acid groups (broad SMARTS) is 1. The van der Waals surface area contributed by atoms with Gasteiger partial charge in [0.05, 0.1) is 6.10 Å². The zero-order valence-electron chi connectivity index (χ0n) is 22.2. The van der Waals surface area contributed by atoms with Gasteiger partial charge in [-0.15, -0.1) is 0 Å². The zero-order chi connectivity index (χ0) is 24.4. The standard InChI is InChI=1S/C30H48O3/c1-19(9-8-10-20(2)26(32)33)21-13-17-30(7)23-11-12-24-27(3,4)25(31)15-16-28(24,5)22(23)14-18-29(21,30)6/h10-11,19,21-22,24-25,31H,8-9,12-18H2,1-7H3,(H,32,33)/t19?,21-,22-,24-,25?,28-,29+,30-/m1/s1. The van der Waals surface area contributed by atoms with Crippen molar-refractivity contribution >= 4 is 5.97 Å². The minimum absolute atomic E-state index is 0.00892. The average Bonchev–Trinajstić information content (AvgIpc) is 3.02. The second-order valence-corrected chi connectivity index (χ2v) is 13.6. The number of hydrogen-bond donors (Lipinski definition) is 2. The van der Waals surface area contributed by atoms with Gasteiger partial charge in [0.2, 0.25) is 0 Å². The molecule has 4 aliphatic rings. The van der Waals surface area contributed by atoms with Crippen molar-refractivity contribution in [2.75, 3.05) is 0 Å². The van der Waals surface area contributed by atoms with E-state index < -0.39 is 5.97 Å². The van der Waals surface area contributed by atoms with Crippen LogP contribution in [0.25, 0.3) is 0 Å². The van der Waals surface area contributed by atoms with E-state index in [1.54, 1.807) is 12.5 Å². The van der Waals surface area contributed by atoms with Crippen LogP contribution in [0.15, 0.2) is 23.3 Å². The second-order valence-electron chi connectivity index (χ2n) is 13.6. The highest BCUT2D eigenvalue weighted by molar-refractivity contribution is 5.85. The van der Waals surface area contributed by atoms with Crippen molar-refractivity contribution in [3.8, 4) is 0 Å². The van der Waals surface area contributed by atoms with E-state index in [1.807, 2.05) is 6.08 Å². The summed E-state index contributed by atoms with van der Waals surface area (Å²) in [6.45, 7) is 16.5. The SMILES string of the molecule is CC(=CCCC(C)[C@H]1CC[C@]2(C)C3=CC[C@@H]4C(C)(C)C(O)CC[C@]4(C)[C@@H]3CC[C@@]12C)C(=O)O. The first-order chi connectivity index (χ1) is 15.3. The highest BCUT2D eigenvalue weighted by Crippen LogP contribution is 2.73. The van der Waals surface area contributed by atoms with E-state index in [4.69, 9.17) is 5.11 Å². The minimum Gasteiger partial charge on any atom is -0.478 e. The lowest BCUT2D eigenvalue weighted by atomic mass is 9.41. The van der Waals surface area contributed by atoms with Gasteiger partial charge >= 0.3 is 5.97 Å². The predicted octanol–water partition coefficient (Wildman–Crippen LogP) is 7.40. The van der Waals surface area contributed by atoms with Gasteiger partial charge in [-0.2, -0.15) is 0 Å². The maximum atomic E-state index is 11.1. The topological polar surface area (TPSA) is 57.5 Å². The van der Waals surface area contributed by atoms with E-state index in [1.165, 1.54) is 25.7 Å². The van der Waals surface area contributed by atoms with Gasteiger partial charge in [0.25, 0.3) is 0 Å². The van der Waals surface area contributed by atoms with Crippen molar-refractivity contribution in [3.63, 3.8) is 0 Å². The molecule has 0 bridgehead atoms. The highest BCUT2D eigenvalue weighted by atomic mass is 16.4. The summed E-state index contributed by atoms with van der Waals surface area (Å²) < 4.78 is 0. The fourth-order valence-corrected chi connectivity index (χ4v) is 9.50. The molecule has 0 aromatic rings. The number of rotatable bonds is 5. The summed E-state index contributed by atoms with van der Waals surface area (Å²) in [6, 6.07) is 0. The van der Waals surface area contributed by atoms with Crippen LogP contribution in [0.4, 0.5) is 0 Å². The minimum atomic E-state index is -0.796. The number of aliphatic carboxylic acids is 1. The van der Waals surface area contributed by atoms with E-state index in [9.17, 15) is 9.90 Å². The molecule has 0 aromatic heterocycles. The third-order valence-electron chi connectivity index (χ3n) is 12.0. The molecule has 0 spiro atoms. The van der Waals surface area contributed by atoms with Crippen molar-refractivity contribution in [1.29, 1.82) is 0 Å². The van der Waals surface area contributed by atoms with Crippen LogP contribution in [0.1, 0.15) is 106 Å². The van der Waals surface area contributed by atoms with Crippen LogP contribution < -0.4 is 0 Å². The Kier molecular flexibility index (Phi) is 6.25. The van der Waals surface area contributed by atoms with E-state index in [2.05, 4.69) is 47.6 Å². The van der Waals surface area contributed by atoms with Gasteiger partial charge in [-0.05, 0) is 110 Å². The Labute approximate surface area is 202 Å². The number of aliphatic hydroxyl groups excluding tert-OH is 1. The van der Waals surface area contributed by atoms with Gasteiger partial charge in [-0.1, -0.05) is 59.3 Å². The van der Waals surface area contributed by atoms with Gasteiger partial charge in [0, 0.05) is 5.57 Å². The van der Waals surface area contributed by atoms with Gasteiger partial charge < -0.3 is 10.2 Å². The molecule has 0 aromatic carbocycles. The molecule has 4 aliphatic carbocycles. The summed E-state index contributed by atoms with van der Waals surface area (Å²) in [5, 5.41) is 20.0. The molecule has 0 saturated heterocycles. The molecule has 2 N–H and O–H groups in total. The molecule has 0 radical (unpaired) electrons. The first-order valence-corrected chi connectivity index (χ1v) is 13.6. The van der Waals surface area contributed by atoms with Crippen LogP contribution in [0.2, 0.25) is 0 Å². The van der Waals surface area contributed by atoms with E-state index in [0.29, 0.717) is 40.1 Å². The summed E-state index contributed by atoms with van der Waals surface area (Å²) in [5.74, 6) is 1.75. The zero-order valence-corrected chi connectivity index (χ0v) is 22.2. The number of carbonyl (C=O) groups is 1. The molecule has 8 atom stereocenters. The number of carboxylic acids is 1. The molecule has 0 amide bonds. The van der Waals surface area contributed by atoms with Crippen LogP contribution >= 0.6 is 0 Å². The van der Waals surface area contributed by atoms with Crippen LogP contribution in [-0.4, -0.2) is 22.3 Å². The third-order valence-corrected chi connectivity index (χ3v) is 12.0. The summed E-state index contributed by atoms with van der Waals surface area (Å²) in [4.78, 5) is 11.1. The number of fused-ring (bicyclic) bond motifs is 5. The Morgan fingerprint density at radius 2 is 1.82 bits per heavy atom. The lowest BCUT2D eigenvalue weighted by Gasteiger charge is -2.64. The smallest absolute Gasteiger partial charge is 0.330 e. The summed E-state index contributed by atoms with van der Waals surface area (Å²) in [5.41, 5.74) is 3.13. The third kappa shape index (κ3) is 3.58. The molecule has 33 heavy (non-hydrogen) atoms. The molecule has 3 nitrogen and oxygen atoms in total. The van der Waals surface area contributed by atoms with E-state index >= 15 is 0 Å². The monoisotopic (exact) mass is 456 g/mol. The highest BCUT2D eigenvalue weighted by Gasteiger charge is 2.65. The Morgan fingerprint density at radius 3 is 2.48 bits per heavy atom. The van der Waals surface area contributed by atoms with Gasteiger partial charge in [-0.25, -0.2) is 4.79 Å². The lowest BCUT2D eigenvalue weighted by molar-refractivity contribution is -0.132. The second kappa shape index (κ2) is 8.25. The van der Waals surface area contributed by atoms with Crippen LogP contribution in [0.3, 0.4) is 0 Å². The Hall–Kier alpha value is -1.09. The lowest BCUT2D eigenvalue weighted by Crippen LogP contribution is -2.58. The summed E-state index contributed by atoms with van der Waals surface area (Å²) in [6.07, 6.45) is 14.7. The molecule has 4 rings (SSSR count). The fourth-order valence-electron chi connectivity index (χ4n) is 9.50. The molecule has 3 fully saturated rings. The Balaban J connectivity index is 1.58. The molecule has 186 valence electrons. The van der Waals surface area contributed by atoms with Gasteiger partial charge in [0.1, 0.15) is 0 Å². The maximum absolute atomic E-state index is 11.1. The Bertz CT molecular complexity index is 853. The largest absolute Gasteiger partial charge is 0.478 e. The van der Waals surface area contributed by atoms with Crippen molar-refractivity contribution < 1.29 is 15.0 Å². The number of allylic oxidation sites excluding steroid dienone is 3. The fraction of sp³-hybridized carbons (Fsp3) is 0.833. The first-order valence-electron chi connectivity index (χ1n) is 13.6. The molecule has 3 saturated carbocycles. The molecule has 3 heteroatoms. The predicted molar refractivity (Wildman–Crippen MR) is 135 cm³/mol. The Morgan fingerprint density at radius 1 is 1.12 bits per heavy atom. The van der Waals surface area contributed by atoms with Crippen LogP contribution in [-0.2, 0) is 4.79 Å². The average molecular weight is 457 g/mol. The van der Waals surface area contributed by atoms with Crippen molar-refractivity contribution in [3.05, 3.63) is 23.3 Å². The molecule has 2 unspecified atom stereocenters. The quantitative estimate of drug-likeness (QED) is 0.335. The van der Waals surface area contributed by atoms with Crippen LogP contribution in [0, 0.1) is 45.3 Å². The van der Waals surface area contributed by atoms with Crippen molar-refractivity contribution in [2.45, 2.75) is 112 Å². The summed E-state index contributed by atoms with van der Waals surface area (Å²) in [7, 11) is 0. The van der Waals surface area contributed by atoms with Crippen molar-refractivity contribution in [2.24, 2.45) is 45.3 Å². The first kappa shape index (κ1) is 25.0. The normalized spacial score (nSPS) is 45.5. The number of aliphatic hydroxyl groups is 1. The molecule has 0 aliphatic heterocycles. The molecule has 0 heterocycles. The van der Waals surface area contributed by atoms with E-state index in [0.717, 1.165) is 32.1 Å². The number of hydrogen-bond acceptors (Lipinski definition) is 2. The molecular weight excluding hydrogens is 408 g/mol. The van der Waals surface area contributed by atoms with Gasteiger partial charge in [0.15, 0.2) is 0 Å². The van der Waals surface area contributed by atoms with Crippen LogP contribution in [0.5, 0.6) is 0 Å². The maximum Gasteiger partial charge on any atom is 0.330 e. The summed E-state index contributed by atoms with van der Waals surface area (Å²) >= 11 is 0. The van der Waals surface area contributed by atoms with Crippen molar-refractivity contribution in [1.82, 2.24) is 0 Å².